The summed E-state index contributed by atoms with van der Waals surface area (Å²) in [6.07, 6.45) is 0.738. The Balaban J connectivity index is 0.00000288. The molecule has 0 bridgehead atoms. The number of hydrogen-bond acceptors (Lipinski definition) is 5. The number of ether oxygens (including phenoxy) is 2. The Morgan fingerprint density at radius 3 is 2.46 bits per heavy atom. The summed E-state index contributed by atoms with van der Waals surface area (Å²) in [6, 6.07) is 7.18. The zero-order valence-electron chi connectivity index (χ0n) is 14.2. The van der Waals surface area contributed by atoms with Crippen LogP contribution in [0.1, 0.15) is 24.5 Å². The highest BCUT2D eigenvalue weighted by molar-refractivity contribution is 5.85. The minimum absolute atomic E-state index is 0. The van der Waals surface area contributed by atoms with Crippen LogP contribution in [-0.2, 0) is 9.53 Å². The molecule has 136 valence electrons. The largest absolute Gasteiger partial charge is 0.497 e. The van der Waals surface area contributed by atoms with Crippen LogP contribution < -0.4 is 15.4 Å². The SMILES string of the molecule is COCC1(C(=O)NCC(O)c2ccc(OC)cc2)CCNCC1.Cl. The summed E-state index contributed by atoms with van der Waals surface area (Å²) in [5.41, 5.74) is 0.247. The molecule has 2 rings (SSSR count). The van der Waals surface area contributed by atoms with E-state index in [1.54, 1.807) is 38.5 Å². The van der Waals surface area contributed by atoms with Crippen LogP contribution >= 0.6 is 12.4 Å². The van der Waals surface area contributed by atoms with Crippen LogP contribution in [0.4, 0.5) is 0 Å². The molecule has 1 atom stereocenters. The third-order valence-electron chi connectivity index (χ3n) is 4.42. The lowest BCUT2D eigenvalue weighted by atomic mass is 9.78. The van der Waals surface area contributed by atoms with Crippen molar-refractivity contribution in [3.05, 3.63) is 29.8 Å². The number of carbonyl (C=O) groups is 1. The maximum absolute atomic E-state index is 12.6. The molecule has 7 heteroatoms. The Morgan fingerprint density at radius 2 is 1.92 bits per heavy atom. The van der Waals surface area contributed by atoms with E-state index in [1.165, 1.54) is 0 Å². The Bertz CT molecular complexity index is 498. The first-order valence-electron chi connectivity index (χ1n) is 7.91. The second-order valence-corrected chi connectivity index (χ2v) is 5.96. The first-order valence-corrected chi connectivity index (χ1v) is 7.91. The molecule has 1 saturated heterocycles. The molecule has 1 fully saturated rings. The maximum Gasteiger partial charge on any atom is 0.228 e. The van der Waals surface area contributed by atoms with Crippen molar-refractivity contribution in [1.82, 2.24) is 10.6 Å². The van der Waals surface area contributed by atoms with Gasteiger partial charge in [0, 0.05) is 13.7 Å². The lowest BCUT2D eigenvalue weighted by Crippen LogP contribution is -2.50. The molecule has 0 saturated carbocycles. The molecule has 1 aliphatic heterocycles. The highest BCUT2D eigenvalue weighted by Crippen LogP contribution is 2.29. The Labute approximate surface area is 149 Å². The molecular formula is C17H27ClN2O4. The van der Waals surface area contributed by atoms with Crippen molar-refractivity contribution < 1.29 is 19.4 Å². The van der Waals surface area contributed by atoms with Crippen molar-refractivity contribution in [2.24, 2.45) is 5.41 Å². The fraction of sp³-hybridized carbons (Fsp3) is 0.588. The Hall–Kier alpha value is -1.34. The van der Waals surface area contributed by atoms with E-state index in [9.17, 15) is 9.90 Å². The van der Waals surface area contributed by atoms with Gasteiger partial charge in [0.25, 0.3) is 0 Å². The van der Waals surface area contributed by atoms with Crippen molar-refractivity contribution in [2.75, 3.05) is 40.5 Å². The second-order valence-electron chi connectivity index (χ2n) is 5.96. The van der Waals surface area contributed by atoms with Gasteiger partial charge in [0.15, 0.2) is 0 Å². The fourth-order valence-electron chi connectivity index (χ4n) is 2.94. The van der Waals surface area contributed by atoms with E-state index < -0.39 is 11.5 Å². The minimum Gasteiger partial charge on any atom is -0.497 e. The predicted octanol–water partition coefficient (Wildman–Crippen LogP) is 1.28. The van der Waals surface area contributed by atoms with Gasteiger partial charge in [0.2, 0.25) is 5.91 Å². The van der Waals surface area contributed by atoms with E-state index in [1.807, 2.05) is 0 Å². The normalized spacial score (nSPS) is 17.5. The monoisotopic (exact) mass is 358 g/mol. The quantitative estimate of drug-likeness (QED) is 0.684. The molecule has 0 spiro atoms. The number of piperidine rings is 1. The lowest BCUT2D eigenvalue weighted by Gasteiger charge is -2.35. The highest BCUT2D eigenvalue weighted by Gasteiger charge is 2.39. The van der Waals surface area contributed by atoms with E-state index in [4.69, 9.17) is 9.47 Å². The van der Waals surface area contributed by atoms with Gasteiger partial charge >= 0.3 is 0 Å². The van der Waals surface area contributed by atoms with Gasteiger partial charge in [-0.05, 0) is 43.6 Å². The Morgan fingerprint density at radius 1 is 1.29 bits per heavy atom. The van der Waals surface area contributed by atoms with Crippen LogP contribution in [0.3, 0.4) is 0 Å². The van der Waals surface area contributed by atoms with Crippen molar-refractivity contribution in [2.45, 2.75) is 18.9 Å². The zero-order chi connectivity index (χ0) is 16.7. The van der Waals surface area contributed by atoms with Crippen molar-refractivity contribution >= 4 is 18.3 Å². The third-order valence-corrected chi connectivity index (χ3v) is 4.42. The average Bonchev–Trinajstić information content (AvgIpc) is 2.60. The summed E-state index contributed by atoms with van der Waals surface area (Å²) >= 11 is 0. The number of methoxy groups -OCH3 is 2. The summed E-state index contributed by atoms with van der Waals surface area (Å²) in [4.78, 5) is 12.6. The molecule has 0 radical (unpaired) electrons. The standard InChI is InChI=1S/C17H26N2O4.ClH/c1-22-12-17(7-9-18-10-8-17)16(21)19-11-15(20)13-3-5-14(23-2)6-4-13;/h3-6,15,18,20H,7-12H2,1-2H3,(H,19,21);1H. The summed E-state index contributed by atoms with van der Waals surface area (Å²) < 4.78 is 10.4. The van der Waals surface area contributed by atoms with Gasteiger partial charge in [-0.3, -0.25) is 4.79 Å². The van der Waals surface area contributed by atoms with E-state index in [2.05, 4.69) is 10.6 Å². The van der Waals surface area contributed by atoms with Gasteiger partial charge in [-0.25, -0.2) is 0 Å². The summed E-state index contributed by atoms with van der Waals surface area (Å²) in [6.45, 7) is 2.19. The number of aliphatic hydroxyl groups is 1. The van der Waals surface area contributed by atoms with Gasteiger partial charge in [-0.2, -0.15) is 0 Å². The van der Waals surface area contributed by atoms with Gasteiger partial charge in [0.1, 0.15) is 5.75 Å². The first kappa shape index (κ1) is 20.7. The van der Waals surface area contributed by atoms with E-state index >= 15 is 0 Å². The number of nitrogens with one attached hydrogen (secondary N) is 2. The molecule has 1 aromatic rings. The molecule has 1 aromatic carbocycles. The molecule has 1 unspecified atom stereocenters. The molecule has 0 aromatic heterocycles. The van der Waals surface area contributed by atoms with Crippen molar-refractivity contribution in [1.29, 1.82) is 0 Å². The third kappa shape index (κ3) is 5.08. The molecule has 1 heterocycles. The van der Waals surface area contributed by atoms with E-state index in [0.717, 1.165) is 37.2 Å². The number of amides is 1. The zero-order valence-corrected chi connectivity index (χ0v) is 15.0. The summed E-state index contributed by atoms with van der Waals surface area (Å²) in [7, 11) is 3.21. The summed E-state index contributed by atoms with van der Waals surface area (Å²) in [5.74, 6) is 0.687. The Kier molecular flexibility index (Phi) is 8.48. The molecule has 0 aliphatic carbocycles. The molecule has 3 N–H and O–H groups in total. The van der Waals surface area contributed by atoms with Crippen LogP contribution in [0.5, 0.6) is 5.75 Å². The van der Waals surface area contributed by atoms with E-state index in [-0.39, 0.29) is 24.9 Å². The molecule has 24 heavy (non-hydrogen) atoms. The van der Waals surface area contributed by atoms with Crippen LogP contribution in [0.25, 0.3) is 0 Å². The molecule has 1 amide bonds. The second kappa shape index (κ2) is 9.84. The van der Waals surface area contributed by atoms with Gasteiger partial charge in [-0.15, -0.1) is 12.4 Å². The average molecular weight is 359 g/mol. The number of carbonyl (C=O) groups excluding carboxylic acids is 1. The predicted molar refractivity (Wildman–Crippen MR) is 94.6 cm³/mol. The van der Waals surface area contributed by atoms with Crippen molar-refractivity contribution in [3.63, 3.8) is 0 Å². The topological polar surface area (TPSA) is 79.8 Å². The number of hydrogen-bond donors (Lipinski definition) is 3. The van der Waals surface area contributed by atoms with Crippen LogP contribution in [-0.4, -0.2) is 51.5 Å². The molecule has 6 nitrogen and oxygen atoms in total. The number of benzene rings is 1. The van der Waals surface area contributed by atoms with Gasteiger partial charge in [0.05, 0.1) is 25.2 Å². The van der Waals surface area contributed by atoms with Crippen LogP contribution in [0.2, 0.25) is 0 Å². The smallest absolute Gasteiger partial charge is 0.228 e. The maximum atomic E-state index is 12.6. The fourth-order valence-corrected chi connectivity index (χ4v) is 2.94. The number of aliphatic hydroxyl groups excluding tert-OH is 1. The van der Waals surface area contributed by atoms with E-state index in [0.29, 0.717) is 6.61 Å². The van der Waals surface area contributed by atoms with Gasteiger partial charge in [-0.1, -0.05) is 12.1 Å². The molecule has 1 aliphatic rings. The lowest BCUT2D eigenvalue weighted by molar-refractivity contribution is -0.136. The molecular weight excluding hydrogens is 332 g/mol. The number of halogens is 1. The summed E-state index contributed by atoms with van der Waals surface area (Å²) in [5, 5.41) is 16.4. The van der Waals surface area contributed by atoms with Crippen LogP contribution in [0, 0.1) is 5.41 Å². The minimum atomic E-state index is -0.744. The first-order chi connectivity index (χ1) is 11.1. The van der Waals surface area contributed by atoms with Crippen LogP contribution in [0.15, 0.2) is 24.3 Å². The number of rotatable bonds is 7. The van der Waals surface area contributed by atoms with Gasteiger partial charge < -0.3 is 25.2 Å². The van der Waals surface area contributed by atoms with Crippen molar-refractivity contribution in [3.8, 4) is 5.75 Å². The highest BCUT2D eigenvalue weighted by atomic mass is 35.5.